The molecule has 0 aliphatic carbocycles. The van der Waals surface area contributed by atoms with Gasteiger partial charge in [-0.05, 0) is 30.3 Å². The smallest absolute Gasteiger partial charge is 0.420 e. The lowest BCUT2D eigenvalue weighted by molar-refractivity contribution is -0.384. The molecule has 11 nitrogen and oxygen atoms in total. The van der Waals surface area contributed by atoms with Crippen LogP contribution in [0.1, 0.15) is 6.42 Å². The summed E-state index contributed by atoms with van der Waals surface area (Å²) in [6.07, 6.45) is -0.0930. The normalized spacial score (nSPS) is 10.7. The molecule has 0 atom stereocenters. The van der Waals surface area contributed by atoms with Crippen molar-refractivity contribution in [2.24, 2.45) is 5.73 Å². The van der Waals surface area contributed by atoms with Crippen molar-refractivity contribution >= 4 is 34.3 Å². The van der Waals surface area contributed by atoms with Gasteiger partial charge in [-0.25, -0.2) is 4.79 Å². The second kappa shape index (κ2) is 8.47. The Morgan fingerprint density at radius 2 is 1.93 bits per heavy atom. The van der Waals surface area contributed by atoms with Crippen LogP contribution in [0.5, 0.6) is 5.75 Å². The summed E-state index contributed by atoms with van der Waals surface area (Å²) in [7, 11) is 1.50. The molecule has 11 heteroatoms. The van der Waals surface area contributed by atoms with Crippen molar-refractivity contribution < 1.29 is 23.7 Å². The van der Waals surface area contributed by atoms with Crippen LogP contribution in [0, 0.1) is 10.1 Å². The number of hydrogen-bond acceptors (Lipinski definition) is 7. The maximum absolute atomic E-state index is 13.0. The van der Waals surface area contributed by atoms with Gasteiger partial charge in [-0.3, -0.25) is 24.3 Å². The summed E-state index contributed by atoms with van der Waals surface area (Å²) in [5.74, 6) is -1.38. The first-order valence-corrected chi connectivity index (χ1v) is 8.80. The van der Waals surface area contributed by atoms with E-state index in [-0.39, 0.29) is 29.8 Å². The van der Waals surface area contributed by atoms with E-state index in [1.807, 2.05) is 0 Å². The number of oxazole rings is 1. The third kappa shape index (κ3) is 4.29. The first-order valence-electron chi connectivity index (χ1n) is 8.80. The molecule has 0 radical (unpaired) electrons. The van der Waals surface area contributed by atoms with Gasteiger partial charge < -0.3 is 19.8 Å². The molecular formula is C19H18N4O7. The zero-order valence-electron chi connectivity index (χ0n) is 15.9. The fourth-order valence-corrected chi connectivity index (χ4v) is 2.92. The highest BCUT2D eigenvalue weighted by Gasteiger charge is 2.21. The van der Waals surface area contributed by atoms with Gasteiger partial charge in [0.25, 0.3) is 5.69 Å². The third-order valence-electron chi connectivity index (χ3n) is 4.42. The van der Waals surface area contributed by atoms with E-state index in [9.17, 15) is 24.5 Å². The predicted octanol–water partition coefficient (Wildman–Crippen LogP) is 1.42. The van der Waals surface area contributed by atoms with Crippen molar-refractivity contribution in [2.75, 3.05) is 18.6 Å². The number of anilines is 1. The van der Waals surface area contributed by atoms with Crippen LogP contribution in [-0.2, 0) is 16.1 Å². The van der Waals surface area contributed by atoms with Gasteiger partial charge in [0.1, 0.15) is 12.3 Å². The number of non-ortho nitro benzene ring substituents is 1. The van der Waals surface area contributed by atoms with Crippen LogP contribution < -0.4 is 21.1 Å². The Bertz CT molecular complexity index is 1160. The zero-order valence-corrected chi connectivity index (χ0v) is 15.9. The van der Waals surface area contributed by atoms with E-state index in [1.54, 1.807) is 24.3 Å². The number of nitrogens with two attached hydrogens (primary N) is 1. The summed E-state index contributed by atoms with van der Waals surface area (Å²) in [4.78, 5) is 48.2. The topological polar surface area (TPSA) is 151 Å². The molecule has 156 valence electrons. The second-order valence-corrected chi connectivity index (χ2v) is 6.32. The average Bonchev–Trinajstić information content (AvgIpc) is 3.02. The molecule has 1 aromatic heterocycles. The van der Waals surface area contributed by atoms with Crippen LogP contribution in [0.3, 0.4) is 0 Å². The van der Waals surface area contributed by atoms with Crippen molar-refractivity contribution in [2.45, 2.75) is 13.0 Å². The number of amides is 2. The number of nitrogens with zero attached hydrogens (tertiary/aromatic N) is 3. The maximum atomic E-state index is 13.0. The lowest BCUT2D eigenvalue weighted by Gasteiger charge is -2.22. The fraction of sp³-hybridized carbons (Fsp3) is 0.211. The van der Waals surface area contributed by atoms with Crippen molar-refractivity contribution in [1.82, 2.24) is 4.57 Å². The molecule has 0 saturated heterocycles. The minimum Gasteiger partial charge on any atom is -0.497 e. The summed E-state index contributed by atoms with van der Waals surface area (Å²) < 4.78 is 11.2. The van der Waals surface area contributed by atoms with Crippen LogP contribution >= 0.6 is 0 Å². The Hall–Kier alpha value is -4.15. The molecule has 1 heterocycles. The highest BCUT2D eigenvalue weighted by Crippen LogP contribution is 2.22. The third-order valence-corrected chi connectivity index (χ3v) is 4.42. The van der Waals surface area contributed by atoms with Gasteiger partial charge in [0.05, 0.1) is 17.5 Å². The van der Waals surface area contributed by atoms with E-state index in [1.165, 1.54) is 24.1 Å². The number of methoxy groups -OCH3 is 1. The van der Waals surface area contributed by atoms with E-state index in [0.717, 1.165) is 10.6 Å². The first-order chi connectivity index (χ1) is 14.3. The molecule has 3 aromatic rings. The zero-order chi connectivity index (χ0) is 21.8. The number of carbonyl (C=O) groups excluding carboxylic acids is 2. The molecule has 0 spiro atoms. The number of benzene rings is 2. The minimum atomic E-state index is -0.830. The number of aromatic nitrogens is 1. The van der Waals surface area contributed by atoms with E-state index in [0.29, 0.717) is 11.4 Å². The fourth-order valence-electron chi connectivity index (χ4n) is 2.92. The van der Waals surface area contributed by atoms with Crippen LogP contribution in [0.15, 0.2) is 51.7 Å². The van der Waals surface area contributed by atoms with Crippen molar-refractivity contribution in [1.29, 1.82) is 0 Å². The summed E-state index contributed by atoms with van der Waals surface area (Å²) in [6, 6.07) is 10.2. The molecule has 2 aromatic carbocycles. The molecule has 3 rings (SSSR count). The molecule has 0 unspecified atom stereocenters. The number of hydrogen-bond donors (Lipinski definition) is 1. The minimum absolute atomic E-state index is 0.00875. The molecule has 0 aliphatic rings. The standard InChI is InChI=1S/C19H18N4O7/c1-29-14-5-2-12(3-6-14)21(9-8-17(20)24)18(25)11-22-15-10-13(23(27)28)4-7-16(15)30-19(22)26/h2-7,10H,8-9,11H2,1H3,(H2,20,24). The SMILES string of the molecule is COc1ccc(N(CCC(N)=O)C(=O)Cn2c(=O)oc3ccc([N+](=O)[O-])cc32)cc1. The van der Waals surface area contributed by atoms with Gasteiger partial charge in [0.2, 0.25) is 11.8 Å². The van der Waals surface area contributed by atoms with E-state index in [2.05, 4.69) is 0 Å². The Morgan fingerprint density at radius 1 is 1.23 bits per heavy atom. The predicted molar refractivity (Wildman–Crippen MR) is 106 cm³/mol. The van der Waals surface area contributed by atoms with Gasteiger partial charge in [0.15, 0.2) is 5.58 Å². The molecule has 2 amide bonds. The van der Waals surface area contributed by atoms with E-state index >= 15 is 0 Å². The van der Waals surface area contributed by atoms with Crippen molar-refractivity contribution in [3.8, 4) is 5.75 Å². The molecular weight excluding hydrogens is 396 g/mol. The number of nitro groups is 1. The van der Waals surface area contributed by atoms with Crippen molar-refractivity contribution in [3.05, 3.63) is 63.1 Å². The average molecular weight is 414 g/mol. The molecule has 0 bridgehead atoms. The van der Waals surface area contributed by atoms with E-state index in [4.69, 9.17) is 14.9 Å². The Balaban J connectivity index is 1.95. The van der Waals surface area contributed by atoms with Crippen LogP contribution in [0.4, 0.5) is 11.4 Å². The highest BCUT2D eigenvalue weighted by atomic mass is 16.6. The Labute approximate surface area is 169 Å². The lowest BCUT2D eigenvalue weighted by Crippen LogP contribution is -2.37. The second-order valence-electron chi connectivity index (χ2n) is 6.32. The molecule has 2 N–H and O–H groups in total. The first kappa shape index (κ1) is 20.6. The molecule has 0 aliphatic heterocycles. The number of ether oxygens (including phenoxy) is 1. The lowest BCUT2D eigenvalue weighted by atomic mass is 10.2. The quantitative estimate of drug-likeness (QED) is 0.432. The van der Waals surface area contributed by atoms with Crippen LogP contribution in [0.2, 0.25) is 0 Å². The Morgan fingerprint density at radius 3 is 2.53 bits per heavy atom. The molecule has 30 heavy (non-hydrogen) atoms. The van der Waals surface area contributed by atoms with Gasteiger partial charge >= 0.3 is 5.76 Å². The summed E-state index contributed by atoms with van der Waals surface area (Å²) in [5.41, 5.74) is 5.67. The summed E-state index contributed by atoms with van der Waals surface area (Å²) >= 11 is 0. The van der Waals surface area contributed by atoms with Gasteiger partial charge in [0, 0.05) is 30.8 Å². The van der Waals surface area contributed by atoms with Gasteiger partial charge in [-0.2, -0.15) is 0 Å². The monoisotopic (exact) mass is 414 g/mol. The number of rotatable bonds is 8. The van der Waals surface area contributed by atoms with Crippen LogP contribution in [0.25, 0.3) is 11.1 Å². The van der Waals surface area contributed by atoms with Gasteiger partial charge in [-0.15, -0.1) is 0 Å². The number of fused-ring (bicyclic) bond motifs is 1. The highest BCUT2D eigenvalue weighted by molar-refractivity contribution is 5.94. The summed E-state index contributed by atoms with van der Waals surface area (Å²) in [5, 5.41) is 11.0. The van der Waals surface area contributed by atoms with Crippen molar-refractivity contribution in [3.63, 3.8) is 0 Å². The van der Waals surface area contributed by atoms with E-state index < -0.39 is 29.0 Å². The molecule has 0 saturated carbocycles. The summed E-state index contributed by atoms with van der Waals surface area (Å²) in [6.45, 7) is -0.455. The number of carbonyl (C=O) groups is 2. The number of primary amides is 1. The van der Waals surface area contributed by atoms with Crippen LogP contribution in [-0.4, -0.2) is 35.0 Å². The largest absolute Gasteiger partial charge is 0.497 e. The maximum Gasteiger partial charge on any atom is 0.420 e. The Kier molecular flexibility index (Phi) is 5.81. The van der Waals surface area contributed by atoms with Gasteiger partial charge in [-0.1, -0.05) is 0 Å². The number of nitro benzene ring substituents is 1. The molecule has 0 fully saturated rings.